The van der Waals surface area contributed by atoms with Gasteiger partial charge < -0.3 is 11.1 Å². The van der Waals surface area contributed by atoms with Crippen molar-refractivity contribution in [1.29, 1.82) is 5.26 Å². The van der Waals surface area contributed by atoms with Crippen molar-refractivity contribution in [1.82, 2.24) is 0 Å². The minimum atomic E-state index is -0.168. The summed E-state index contributed by atoms with van der Waals surface area (Å²) < 4.78 is 13.6. The molecule has 0 amide bonds. The summed E-state index contributed by atoms with van der Waals surface area (Å²) in [5.41, 5.74) is 9.65. The summed E-state index contributed by atoms with van der Waals surface area (Å²) in [6.07, 6.45) is 0. The summed E-state index contributed by atoms with van der Waals surface area (Å²) in [6.45, 7) is 4.02. The van der Waals surface area contributed by atoms with Crippen LogP contribution in [0.25, 0.3) is 0 Å². The van der Waals surface area contributed by atoms with E-state index in [4.69, 9.17) is 11.0 Å². The van der Waals surface area contributed by atoms with Crippen LogP contribution >= 0.6 is 0 Å². The molecule has 2 aromatic rings. The van der Waals surface area contributed by atoms with Crippen molar-refractivity contribution in [3.63, 3.8) is 0 Å². The molecule has 4 heteroatoms. The van der Waals surface area contributed by atoms with E-state index in [2.05, 4.69) is 11.4 Å². The number of benzene rings is 2. The van der Waals surface area contributed by atoms with Crippen molar-refractivity contribution in [3.05, 3.63) is 58.4 Å². The lowest BCUT2D eigenvalue weighted by Crippen LogP contribution is -2.03. The number of nitriles is 1. The Morgan fingerprint density at radius 2 is 1.85 bits per heavy atom. The first-order chi connectivity index (χ1) is 9.51. The number of aryl methyl sites for hydroxylation is 2. The van der Waals surface area contributed by atoms with Gasteiger partial charge in [-0.25, -0.2) is 4.39 Å². The summed E-state index contributed by atoms with van der Waals surface area (Å²) >= 11 is 0. The van der Waals surface area contributed by atoms with E-state index >= 15 is 0 Å². The number of rotatable bonds is 3. The van der Waals surface area contributed by atoms with E-state index in [-0.39, 0.29) is 5.82 Å². The second-order valence-electron chi connectivity index (χ2n) is 4.81. The highest BCUT2D eigenvalue weighted by Gasteiger charge is 2.06. The van der Waals surface area contributed by atoms with Gasteiger partial charge in [-0.15, -0.1) is 0 Å². The summed E-state index contributed by atoms with van der Waals surface area (Å²) in [5, 5.41) is 12.3. The first-order valence-electron chi connectivity index (χ1n) is 6.30. The van der Waals surface area contributed by atoms with Gasteiger partial charge in [-0.2, -0.15) is 5.26 Å². The fourth-order valence-corrected chi connectivity index (χ4v) is 2.14. The van der Waals surface area contributed by atoms with E-state index in [0.29, 0.717) is 28.9 Å². The van der Waals surface area contributed by atoms with Crippen molar-refractivity contribution < 1.29 is 4.39 Å². The maximum absolute atomic E-state index is 13.6. The summed E-state index contributed by atoms with van der Waals surface area (Å²) in [6, 6.07) is 10.9. The zero-order valence-corrected chi connectivity index (χ0v) is 11.5. The first kappa shape index (κ1) is 13.9. The Morgan fingerprint density at radius 3 is 2.45 bits per heavy atom. The molecule has 20 heavy (non-hydrogen) atoms. The molecule has 0 saturated heterocycles. The first-order valence-corrected chi connectivity index (χ1v) is 6.30. The molecule has 2 rings (SSSR count). The molecule has 0 aromatic heterocycles. The number of halogens is 1. The maximum Gasteiger partial charge on any atom is 0.129 e. The molecule has 2 aromatic carbocycles. The number of nitrogens with zero attached hydrogens (tertiary/aromatic N) is 1. The van der Waals surface area contributed by atoms with Gasteiger partial charge in [-0.1, -0.05) is 12.1 Å². The summed E-state index contributed by atoms with van der Waals surface area (Å²) in [7, 11) is 0. The van der Waals surface area contributed by atoms with Crippen LogP contribution in [0.4, 0.5) is 15.8 Å². The fourth-order valence-electron chi connectivity index (χ4n) is 2.14. The monoisotopic (exact) mass is 269 g/mol. The SMILES string of the molecule is Cc1cc(CNc2ccc(N)cc2C#N)cc(C)c1F. The number of nitrogens with two attached hydrogens (primary N) is 1. The quantitative estimate of drug-likeness (QED) is 0.838. The molecule has 0 radical (unpaired) electrons. The van der Waals surface area contributed by atoms with Gasteiger partial charge >= 0.3 is 0 Å². The van der Waals surface area contributed by atoms with Gasteiger partial charge in [0.2, 0.25) is 0 Å². The third-order valence-corrected chi connectivity index (χ3v) is 3.14. The molecule has 0 heterocycles. The molecule has 0 bridgehead atoms. The summed E-state index contributed by atoms with van der Waals surface area (Å²) in [5.74, 6) is -0.168. The van der Waals surface area contributed by atoms with Crippen LogP contribution in [0.5, 0.6) is 0 Å². The molecular formula is C16H16FN3. The van der Waals surface area contributed by atoms with Gasteiger partial charge in [0, 0.05) is 12.2 Å². The molecule has 3 N–H and O–H groups in total. The Morgan fingerprint density at radius 1 is 1.20 bits per heavy atom. The van der Waals surface area contributed by atoms with E-state index in [0.717, 1.165) is 11.3 Å². The van der Waals surface area contributed by atoms with Crippen LogP contribution in [-0.4, -0.2) is 0 Å². The topological polar surface area (TPSA) is 61.8 Å². The zero-order chi connectivity index (χ0) is 14.7. The van der Waals surface area contributed by atoms with Gasteiger partial charge in [-0.05, 0) is 48.7 Å². The van der Waals surface area contributed by atoms with Crippen LogP contribution in [0.15, 0.2) is 30.3 Å². The average Bonchev–Trinajstić information content (AvgIpc) is 2.43. The van der Waals surface area contributed by atoms with Crippen molar-refractivity contribution in [2.24, 2.45) is 0 Å². The predicted molar refractivity (Wildman–Crippen MR) is 78.8 cm³/mol. The standard InChI is InChI=1S/C16H16FN3/c1-10-5-12(6-11(2)16(10)17)9-20-15-4-3-14(19)7-13(15)8-18/h3-7,20H,9,19H2,1-2H3. The fraction of sp³-hybridized carbons (Fsp3) is 0.188. The number of nitrogen functional groups attached to an aromatic ring is 1. The highest BCUT2D eigenvalue weighted by molar-refractivity contribution is 5.63. The zero-order valence-electron chi connectivity index (χ0n) is 11.5. The molecule has 0 fully saturated rings. The normalized spacial score (nSPS) is 10.1. The van der Waals surface area contributed by atoms with Crippen molar-refractivity contribution >= 4 is 11.4 Å². The molecule has 0 aliphatic carbocycles. The van der Waals surface area contributed by atoms with Gasteiger partial charge in [0.1, 0.15) is 11.9 Å². The molecule has 0 saturated carbocycles. The van der Waals surface area contributed by atoms with Crippen LogP contribution in [0.3, 0.4) is 0 Å². The van der Waals surface area contributed by atoms with Crippen LogP contribution in [0, 0.1) is 31.0 Å². The Bertz CT molecular complexity index is 664. The van der Waals surface area contributed by atoms with E-state index in [1.807, 2.05) is 0 Å². The lowest BCUT2D eigenvalue weighted by Gasteiger charge is -2.11. The molecule has 3 nitrogen and oxygen atoms in total. The highest BCUT2D eigenvalue weighted by Crippen LogP contribution is 2.20. The molecule has 102 valence electrons. The molecular weight excluding hydrogens is 253 g/mol. The van der Waals surface area contributed by atoms with Gasteiger partial charge in [-0.3, -0.25) is 0 Å². The average molecular weight is 269 g/mol. The number of hydrogen-bond donors (Lipinski definition) is 2. The van der Waals surface area contributed by atoms with Crippen LogP contribution < -0.4 is 11.1 Å². The Hall–Kier alpha value is -2.54. The lowest BCUT2D eigenvalue weighted by atomic mass is 10.1. The number of anilines is 2. The molecule has 0 atom stereocenters. The van der Waals surface area contributed by atoms with Crippen molar-refractivity contribution in [2.45, 2.75) is 20.4 Å². The van der Waals surface area contributed by atoms with Crippen LogP contribution in [0.1, 0.15) is 22.3 Å². The smallest absolute Gasteiger partial charge is 0.129 e. The second-order valence-corrected chi connectivity index (χ2v) is 4.81. The lowest BCUT2D eigenvalue weighted by molar-refractivity contribution is 0.608. The van der Waals surface area contributed by atoms with Gasteiger partial charge in [0.15, 0.2) is 0 Å². The molecule has 0 unspecified atom stereocenters. The Kier molecular flexibility index (Phi) is 3.90. The minimum absolute atomic E-state index is 0.168. The van der Waals surface area contributed by atoms with Gasteiger partial charge in [0.05, 0.1) is 11.3 Å². The molecule has 0 aliphatic heterocycles. The van der Waals surface area contributed by atoms with E-state index in [9.17, 15) is 4.39 Å². The predicted octanol–water partition coefficient (Wildman–Crippen LogP) is 3.51. The van der Waals surface area contributed by atoms with E-state index in [1.165, 1.54) is 0 Å². The van der Waals surface area contributed by atoms with Crippen molar-refractivity contribution in [2.75, 3.05) is 11.1 Å². The van der Waals surface area contributed by atoms with Crippen molar-refractivity contribution in [3.8, 4) is 6.07 Å². The Labute approximate surface area is 117 Å². The van der Waals surface area contributed by atoms with Crippen LogP contribution in [0.2, 0.25) is 0 Å². The maximum atomic E-state index is 13.6. The largest absolute Gasteiger partial charge is 0.399 e. The molecule has 0 aliphatic rings. The molecule has 0 spiro atoms. The highest BCUT2D eigenvalue weighted by atomic mass is 19.1. The second kappa shape index (κ2) is 5.62. The summed E-state index contributed by atoms with van der Waals surface area (Å²) in [4.78, 5) is 0. The van der Waals surface area contributed by atoms with E-state index < -0.39 is 0 Å². The van der Waals surface area contributed by atoms with E-state index in [1.54, 1.807) is 44.2 Å². The third kappa shape index (κ3) is 2.89. The van der Waals surface area contributed by atoms with Crippen LogP contribution in [-0.2, 0) is 6.54 Å². The number of nitrogens with one attached hydrogen (secondary N) is 1. The third-order valence-electron chi connectivity index (χ3n) is 3.14. The minimum Gasteiger partial charge on any atom is -0.399 e. The van der Waals surface area contributed by atoms with Gasteiger partial charge in [0.25, 0.3) is 0 Å². The number of hydrogen-bond acceptors (Lipinski definition) is 3. The Balaban J connectivity index is 2.19.